The lowest BCUT2D eigenvalue weighted by molar-refractivity contribution is -0.143. The Balaban J connectivity index is 2.39. The van der Waals surface area contributed by atoms with Crippen LogP contribution in [0.25, 0.3) is 0 Å². The molecule has 4 heteroatoms. The van der Waals surface area contributed by atoms with Gasteiger partial charge in [0.25, 0.3) is 0 Å². The van der Waals surface area contributed by atoms with Gasteiger partial charge in [0, 0.05) is 6.54 Å². The average Bonchev–Trinajstić information content (AvgIpc) is 2.29. The van der Waals surface area contributed by atoms with Crippen molar-refractivity contribution < 1.29 is 14.6 Å². The molecule has 0 fully saturated rings. The molecule has 0 aliphatic rings. The highest BCUT2D eigenvalue weighted by Gasteiger charge is 2.19. The smallest absolute Gasteiger partial charge is 0.320 e. The lowest BCUT2D eigenvalue weighted by atomic mass is 10.2. The van der Waals surface area contributed by atoms with Crippen molar-refractivity contribution in [1.82, 2.24) is 4.90 Å². The Morgan fingerprint density at radius 2 is 2.22 bits per heavy atom. The summed E-state index contributed by atoms with van der Waals surface area (Å²) in [5.41, 5.74) is 1.15. The number of carboxylic acids is 1. The summed E-state index contributed by atoms with van der Waals surface area (Å²) in [7, 11) is 1.81. The summed E-state index contributed by atoms with van der Waals surface area (Å²) in [6, 6.07) is 7.39. The fourth-order valence-electron chi connectivity index (χ4n) is 1.84. The minimum atomic E-state index is -0.782. The number of aryl methyl sites for hydroxylation is 1. The first-order valence-electron chi connectivity index (χ1n) is 6.17. The van der Waals surface area contributed by atoms with Gasteiger partial charge < -0.3 is 9.84 Å². The summed E-state index contributed by atoms with van der Waals surface area (Å²) in [6.07, 6.45) is 0.594. The molecule has 0 aliphatic carbocycles. The van der Waals surface area contributed by atoms with Crippen LogP contribution in [0.2, 0.25) is 0 Å². The molecule has 0 aromatic heterocycles. The Kier molecular flexibility index (Phi) is 5.65. The second kappa shape index (κ2) is 7.01. The van der Waals surface area contributed by atoms with Gasteiger partial charge in [0.1, 0.15) is 18.4 Å². The molecule has 1 aromatic carbocycles. The third-order valence-corrected chi connectivity index (χ3v) is 2.91. The van der Waals surface area contributed by atoms with Crippen LogP contribution in [0.4, 0.5) is 0 Å². The van der Waals surface area contributed by atoms with Gasteiger partial charge in [0.05, 0.1) is 0 Å². The number of hydrogen-bond donors (Lipinski definition) is 1. The molecule has 1 aromatic rings. The van der Waals surface area contributed by atoms with Crippen LogP contribution in [0.15, 0.2) is 24.3 Å². The molecule has 4 nitrogen and oxygen atoms in total. The molecular weight excluding hydrogens is 230 g/mol. The van der Waals surface area contributed by atoms with E-state index < -0.39 is 12.0 Å². The van der Waals surface area contributed by atoms with E-state index in [4.69, 9.17) is 9.84 Å². The molecule has 0 saturated heterocycles. The average molecular weight is 251 g/mol. The summed E-state index contributed by atoms with van der Waals surface area (Å²) >= 11 is 0. The molecule has 1 rings (SSSR count). The zero-order valence-electron chi connectivity index (χ0n) is 11.2. The first kappa shape index (κ1) is 14.5. The van der Waals surface area contributed by atoms with Crippen LogP contribution in [-0.4, -0.2) is 42.2 Å². The van der Waals surface area contributed by atoms with E-state index in [0.717, 1.165) is 11.3 Å². The molecule has 0 saturated carbocycles. The third-order valence-electron chi connectivity index (χ3n) is 2.91. The van der Waals surface area contributed by atoms with Crippen molar-refractivity contribution in [2.24, 2.45) is 0 Å². The second-order valence-corrected chi connectivity index (χ2v) is 4.41. The fourth-order valence-corrected chi connectivity index (χ4v) is 1.84. The minimum Gasteiger partial charge on any atom is -0.492 e. The molecule has 0 aliphatic heterocycles. The van der Waals surface area contributed by atoms with E-state index in [1.165, 1.54) is 0 Å². The number of aliphatic carboxylic acids is 1. The van der Waals surface area contributed by atoms with Crippen LogP contribution in [0.5, 0.6) is 5.75 Å². The number of hydrogen-bond acceptors (Lipinski definition) is 3. The molecule has 0 amide bonds. The SMILES string of the molecule is CCC(C(=O)O)N(C)CCOc1cccc(C)c1. The van der Waals surface area contributed by atoms with Crippen molar-refractivity contribution >= 4 is 5.97 Å². The van der Waals surface area contributed by atoms with Gasteiger partial charge in [-0.15, -0.1) is 0 Å². The number of rotatable bonds is 7. The van der Waals surface area contributed by atoms with Gasteiger partial charge >= 0.3 is 5.97 Å². The van der Waals surface area contributed by atoms with E-state index >= 15 is 0 Å². The summed E-state index contributed by atoms with van der Waals surface area (Å²) in [6.45, 7) is 4.97. The Bertz CT molecular complexity index is 392. The van der Waals surface area contributed by atoms with Gasteiger partial charge in [0.2, 0.25) is 0 Å². The van der Waals surface area contributed by atoms with Gasteiger partial charge in [-0.1, -0.05) is 19.1 Å². The van der Waals surface area contributed by atoms with Crippen molar-refractivity contribution in [2.75, 3.05) is 20.2 Å². The third kappa shape index (κ3) is 4.37. The number of carboxylic acid groups (broad SMARTS) is 1. The molecule has 18 heavy (non-hydrogen) atoms. The van der Waals surface area contributed by atoms with E-state index in [-0.39, 0.29) is 0 Å². The predicted molar refractivity (Wildman–Crippen MR) is 71.0 cm³/mol. The maximum absolute atomic E-state index is 11.0. The van der Waals surface area contributed by atoms with Crippen LogP contribution < -0.4 is 4.74 Å². The standard InChI is InChI=1S/C14H21NO3/c1-4-13(14(16)17)15(3)8-9-18-12-7-5-6-11(2)10-12/h5-7,10,13H,4,8-9H2,1-3H3,(H,16,17). The van der Waals surface area contributed by atoms with Crippen LogP contribution in [0.1, 0.15) is 18.9 Å². The van der Waals surface area contributed by atoms with Crippen molar-refractivity contribution in [3.8, 4) is 5.75 Å². The van der Waals surface area contributed by atoms with Crippen molar-refractivity contribution in [3.63, 3.8) is 0 Å². The molecular formula is C14H21NO3. The summed E-state index contributed by atoms with van der Waals surface area (Å²) in [4.78, 5) is 12.8. The Hall–Kier alpha value is -1.55. The van der Waals surface area contributed by atoms with Crippen LogP contribution >= 0.6 is 0 Å². The van der Waals surface area contributed by atoms with E-state index in [2.05, 4.69) is 0 Å². The number of nitrogens with zero attached hydrogens (tertiary/aromatic N) is 1. The largest absolute Gasteiger partial charge is 0.492 e. The summed E-state index contributed by atoms with van der Waals surface area (Å²) < 4.78 is 5.60. The molecule has 1 N–H and O–H groups in total. The number of benzene rings is 1. The molecule has 0 radical (unpaired) electrons. The highest BCUT2D eigenvalue weighted by Crippen LogP contribution is 2.12. The van der Waals surface area contributed by atoms with Gasteiger partial charge in [-0.3, -0.25) is 9.69 Å². The summed E-state index contributed by atoms with van der Waals surface area (Å²) in [5.74, 6) is 0.0438. The van der Waals surface area contributed by atoms with Crippen molar-refractivity contribution in [3.05, 3.63) is 29.8 Å². The van der Waals surface area contributed by atoms with Crippen LogP contribution in [0.3, 0.4) is 0 Å². The molecule has 1 unspecified atom stereocenters. The number of carbonyl (C=O) groups is 1. The highest BCUT2D eigenvalue weighted by atomic mass is 16.5. The maximum Gasteiger partial charge on any atom is 0.320 e. The minimum absolute atomic E-state index is 0.439. The van der Waals surface area contributed by atoms with E-state index in [1.807, 2.05) is 45.2 Å². The van der Waals surface area contributed by atoms with E-state index in [1.54, 1.807) is 4.90 Å². The van der Waals surface area contributed by atoms with E-state index in [0.29, 0.717) is 19.6 Å². The molecule has 0 bridgehead atoms. The molecule has 0 spiro atoms. The van der Waals surface area contributed by atoms with Gasteiger partial charge in [-0.25, -0.2) is 0 Å². The van der Waals surface area contributed by atoms with Gasteiger partial charge in [-0.05, 0) is 38.1 Å². The Labute approximate surface area is 108 Å². The zero-order chi connectivity index (χ0) is 13.5. The predicted octanol–water partition coefficient (Wildman–Crippen LogP) is 2.17. The quantitative estimate of drug-likeness (QED) is 0.807. The Morgan fingerprint density at radius 1 is 1.50 bits per heavy atom. The Morgan fingerprint density at radius 3 is 2.78 bits per heavy atom. The molecule has 1 atom stereocenters. The normalized spacial score (nSPS) is 12.4. The topological polar surface area (TPSA) is 49.8 Å². The van der Waals surface area contributed by atoms with E-state index in [9.17, 15) is 4.79 Å². The summed E-state index contributed by atoms with van der Waals surface area (Å²) in [5, 5.41) is 9.01. The number of likely N-dealkylation sites (N-methyl/N-ethyl adjacent to an activating group) is 1. The lowest BCUT2D eigenvalue weighted by Gasteiger charge is -2.23. The molecule has 0 heterocycles. The fraction of sp³-hybridized carbons (Fsp3) is 0.500. The first-order chi connectivity index (χ1) is 8.54. The monoisotopic (exact) mass is 251 g/mol. The second-order valence-electron chi connectivity index (χ2n) is 4.41. The molecule has 100 valence electrons. The highest BCUT2D eigenvalue weighted by molar-refractivity contribution is 5.73. The van der Waals surface area contributed by atoms with Crippen LogP contribution in [-0.2, 0) is 4.79 Å². The van der Waals surface area contributed by atoms with Crippen molar-refractivity contribution in [2.45, 2.75) is 26.3 Å². The lowest BCUT2D eigenvalue weighted by Crippen LogP contribution is -2.40. The first-order valence-corrected chi connectivity index (χ1v) is 6.17. The van der Waals surface area contributed by atoms with Gasteiger partial charge in [-0.2, -0.15) is 0 Å². The van der Waals surface area contributed by atoms with Crippen molar-refractivity contribution in [1.29, 1.82) is 0 Å². The van der Waals surface area contributed by atoms with Crippen LogP contribution in [0, 0.1) is 6.92 Å². The number of ether oxygens (including phenoxy) is 1. The zero-order valence-corrected chi connectivity index (χ0v) is 11.2. The van der Waals surface area contributed by atoms with Gasteiger partial charge in [0.15, 0.2) is 0 Å². The maximum atomic E-state index is 11.0.